The molecule has 1 saturated carbocycles. The first-order valence-electron chi connectivity index (χ1n) is 12.1. The van der Waals surface area contributed by atoms with Gasteiger partial charge in [0.05, 0.1) is 13.2 Å². The number of carbonyl (C=O) groups excluding carboxylic acids is 2. The van der Waals surface area contributed by atoms with Crippen LogP contribution in [0.2, 0.25) is 5.02 Å². The Balaban J connectivity index is 1.29. The van der Waals surface area contributed by atoms with Crippen molar-refractivity contribution in [2.75, 3.05) is 33.8 Å². The van der Waals surface area contributed by atoms with Crippen molar-refractivity contribution in [2.45, 2.75) is 69.9 Å². The number of likely N-dealkylation sites (N-methyl/N-ethyl adjacent to an activating group) is 1. The number of piperidine rings is 1. The van der Waals surface area contributed by atoms with Gasteiger partial charge in [0.2, 0.25) is 5.91 Å². The number of nitrogens with zero attached hydrogens (tertiary/aromatic N) is 3. The van der Waals surface area contributed by atoms with Crippen molar-refractivity contribution < 1.29 is 14.3 Å². The minimum atomic E-state index is -0.0966. The van der Waals surface area contributed by atoms with Crippen LogP contribution in [0.1, 0.15) is 56.9 Å². The Morgan fingerprint density at radius 1 is 1.06 bits per heavy atom. The highest BCUT2D eigenvalue weighted by atomic mass is 35.5. The zero-order valence-electron chi connectivity index (χ0n) is 19.4. The Labute approximate surface area is 196 Å². The first-order valence-corrected chi connectivity index (χ1v) is 12.5. The molecule has 3 amide bonds. The van der Waals surface area contributed by atoms with Gasteiger partial charge in [-0.1, -0.05) is 30.9 Å². The maximum atomic E-state index is 13.0. The lowest BCUT2D eigenvalue weighted by molar-refractivity contribution is -0.135. The van der Waals surface area contributed by atoms with Crippen LogP contribution in [0.4, 0.5) is 4.79 Å². The lowest BCUT2D eigenvalue weighted by Crippen LogP contribution is -2.61. The first kappa shape index (κ1) is 23.4. The molecule has 1 aliphatic carbocycles. The topological polar surface area (TPSA) is 53.1 Å². The number of ether oxygens (including phenoxy) is 1. The number of urea groups is 1. The van der Waals surface area contributed by atoms with Crippen LogP contribution >= 0.6 is 11.6 Å². The van der Waals surface area contributed by atoms with Crippen molar-refractivity contribution in [3.05, 3.63) is 28.8 Å². The molecule has 6 nitrogen and oxygen atoms in total. The van der Waals surface area contributed by atoms with E-state index in [-0.39, 0.29) is 24.0 Å². The summed E-state index contributed by atoms with van der Waals surface area (Å²) in [5, 5.41) is 0.802. The number of carbonyl (C=O) groups is 2. The number of hydrogen-bond acceptors (Lipinski definition) is 4. The van der Waals surface area contributed by atoms with E-state index < -0.39 is 0 Å². The van der Waals surface area contributed by atoms with E-state index >= 15 is 0 Å². The number of imide groups is 1. The van der Waals surface area contributed by atoms with E-state index in [1.165, 1.54) is 6.42 Å². The Morgan fingerprint density at radius 2 is 1.78 bits per heavy atom. The van der Waals surface area contributed by atoms with Gasteiger partial charge in [-0.05, 0) is 74.9 Å². The van der Waals surface area contributed by atoms with Gasteiger partial charge in [-0.15, -0.1) is 0 Å². The molecular weight excluding hydrogens is 426 g/mol. The van der Waals surface area contributed by atoms with Gasteiger partial charge >= 0.3 is 6.03 Å². The van der Waals surface area contributed by atoms with Crippen LogP contribution in [0.25, 0.3) is 0 Å². The number of amides is 3. The van der Waals surface area contributed by atoms with E-state index in [4.69, 9.17) is 16.3 Å². The van der Waals surface area contributed by atoms with Gasteiger partial charge in [-0.3, -0.25) is 9.69 Å². The number of hydrogen-bond donors (Lipinski definition) is 0. The molecule has 32 heavy (non-hydrogen) atoms. The molecule has 176 valence electrons. The molecule has 0 aromatic heterocycles. The highest BCUT2D eigenvalue weighted by molar-refractivity contribution is 6.31. The number of benzene rings is 1. The maximum absolute atomic E-state index is 13.0. The van der Waals surface area contributed by atoms with E-state index in [0.717, 1.165) is 80.9 Å². The number of methoxy groups -OCH3 is 1. The predicted molar refractivity (Wildman–Crippen MR) is 126 cm³/mol. The van der Waals surface area contributed by atoms with Crippen molar-refractivity contribution in [2.24, 2.45) is 5.92 Å². The van der Waals surface area contributed by atoms with Gasteiger partial charge in [-0.2, -0.15) is 0 Å². The van der Waals surface area contributed by atoms with E-state index in [1.54, 1.807) is 12.0 Å². The predicted octanol–water partition coefficient (Wildman–Crippen LogP) is 4.59. The van der Waals surface area contributed by atoms with Crippen LogP contribution in [0.5, 0.6) is 5.75 Å². The summed E-state index contributed by atoms with van der Waals surface area (Å²) in [6.07, 6.45) is 8.96. The molecule has 1 aromatic carbocycles. The molecular formula is C25H36ClN3O3. The molecule has 7 heteroatoms. The molecule has 3 aliphatic rings. The van der Waals surface area contributed by atoms with Crippen LogP contribution in [0.15, 0.2) is 18.2 Å². The molecule has 4 rings (SSSR count). The van der Waals surface area contributed by atoms with Crippen molar-refractivity contribution in [3.63, 3.8) is 0 Å². The van der Waals surface area contributed by atoms with Crippen LogP contribution in [0, 0.1) is 5.92 Å². The summed E-state index contributed by atoms with van der Waals surface area (Å²) in [5.41, 5.74) is 1.15. The van der Waals surface area contributed by atoms with E-state index in [9.17, 15) is 9.59 Å². The molecule has 0 bridgehead atoms. The van der Waals surface area contributed by atoms with Crippen LogP contribution in [0.3, 0.4) is 0 Å². The molecule has 0 radical (unpaired) electrons. The molecule has 1 unspecified atom stereocenters. The molecule has 2 saturated heterocycles. The van der Waals surface area contributed by atoms with Gasteiger partial charge in [0.15, 0.2) is 0 Å². The maximum Gasteiger partial charge on any atom is 0.327 e. The first-order chi connectivity index (χ1) is 15.5. The molecule has 1 atom stereocenters. The van der Waals surface area contributed by atoms with Gasteiger partial charge < -0.3 is 14.5 Å². The normalized spacial score (nSPS) is 24.3. The van der Waals surface area contributed by atoms with Crippen molar-refractivity contribution in [1.82, 2.24) is 14.7 Å². The third-order valence-corrected chi connectivity index (χ3v) is 7.98. The Hall–Kier alpha value is -1.79. The summed E-state index contributed by atoms with van der Waals surface area (Å²) < 4.78 is 5.34. The standard InChI is InChI=1S/C25H36ClN3O3/c1-27-21(16-24(30)29(25(27)31)20-6-4-3-5-7-20)17-28-12-10-18(11-13-28)14-19-15-22(32-2)8-9-23(19)26/h8-9,15,18,20-21H,3-7,10-14,16-17H2,1-2H3. The third-order valence-electron chi connectivity index (χ3n) is 7.61. The largest absolute Gasteiger partial charge is 0.497 e. The molecule has 2 heterocycles. The quantitative estimate of drug-likeness (QED) is 0.621. The fourth-order valence-corrected chi connectivity index (χ4v) is 5.77. The van der Waals surface area contributed by atoms with Crippen molar-refractivity contribution >= 4 is 23.5 Å². The van der Waals surface area contributed by atoms with E-state index in [1.807, 2.05) is 30.1 Å². The second kappa shape index (κ2) is 10.4. The zero-order valence-corrected chi connectivity index (χ0v) is 20.1. The average molecular weight is 462 g/mol. The minimum Gasteiger partial charge on any atom is -0.497 e. The monoisotopic (exact) mass is 461 g/mol. The number of rotatable bonds is 6. The SMILES string of the molecule is COc1ccc(Cl)c(CC2CCN(CC3CC(=O)N(C4CCCCC4)C(=O)N3C)CC2)c1. The summed E-state index contributed by atoms with van der Waals surface area (Å²) in [6.45, 7) is 2.76. The van der Waals surface area contributed by atoms with Crippen LogP contribution < -0.4 is 4.74 Å². The molecule has 2 aliphatic heterocycles. The number of halogens is 1. The highest BCUT2D eigenvalue weighted by Gasteiger charge is 2.41. The molecule has 3 fully saturated rings. The van der Waals surface area contributed by atoms with Crippen LogP contribution in [-0.2, 0) is 11.2 Å². The summed E-state index contributed by atoms with van der Waals surface area (Å²) in [4.78, 5) is 31.7. The Bertz CT molecular complexity index is 819. The second-order valence-electron chi connectivity index (χ2n) is 9.71. The van der Waals surface area contributed by atoms with Gasteiger partial charge in [-0.25, -0.2) is 4.79 Å². The molecule has 0 N–H and O–H groups in total. The molecule has 0 spiro atoms. The summed E-state index contributed by atoms with van der Waals surface area (Å²) in [6, 6.07) is 5.83. The van der Waals surface area contributed by atoms with Gasteiger partial charge in [0.1, 0.15) is 5.75 Å². The third kappa shape index (κ3) is 5.23. The fourth-order valence-electron chi connectivity index (χ4n) is 5.57. The highest BCUT2D eigenvalue weighted by Crippen LogP contribution is 2.30. The lowest BCUT2D eigenvalue weighted by Gasteiger charge is -2.44. The average Bonchev–Trinajstić information content (AvgIpc) is 2.81. The second-order valence-corrected chi connectivity index (χ2v) is 10.1. The van der Waals surface area contributed by atoms with Crippen LogP contribution in [-0.4, -0.2) is 72.5 Å². The Kier molecular flexibility index (Phi) is 7.62. The zero-order chi connectivity index (χ0) is 22.7. The Morgan fingerprint density at radius 3 is 2.47 bits per heavy atom. The minimum absolute atomic E-state index is 0.0209. The molecule has 1 aromatic rings. The van der Waals surface area contributed by atoms with Crippen molar-refractivity contribution in [3.8, 4) is 5.75 Å². The smallest absolute Gasteiger partial charge is 0.327 e. The van der Waals surface area contributed by atoms with Gasteiger partial charge in [0, 0.05) is 31.1 Å². The summed E-state index contributed by atoms with van der Waals surface area (Å²) >= 11 is 6.40. The summed E-state index contributed by atoms with van der Waals surface area (Å²) in [7, 11) is 3.55. The van der Waals surface area contributed by atoms with Crippen molar-refractivity contribution in [1.29, 1.82) is 0 Å². The van der Waals surface area contributed by atoms with E-state index in [0.29, 0.717) is 12.3 Å². The van der Waals surface area contributed by atoms with Gasteiger partial charge in [0.25, 0.3) is 0 Å². The van der Waals surface area contributed by atoms with E-state index in [2.05, 4.69) is 4.90 Å². The summed E-state index contributed by atoms with van der Waals surface area (Å²) in [5.74, 6) is 1.45. The fraction of sp³-hybridized carbons (Fsp3) is 0.680. The lowest BCUT2D eigenvalue weighted by atomic mass is 9.89. The number of likely N-dealkylation sites (tertiary alicyclic amines) is 1.